The molecule has 1 aliphatic heterocycles. The normalized spacial score (nSPS) is 16.5. The summed E-state index contributed by atoms with van der Waals surface area (Å²) in [5.74, 6) is 0.852. The van der Waals surface area contributed by atoms with Gasteiger partial charge in [0.25, 0.3) is 0 Å². The van der Waals surface area contributed by atoms with Crippen LogP contribution in [-0.2, 0) is 16.0 Å². The molecule has 2 aromatic rings. The van der Waals surface area contributed by atoms with E-state index < -0.39 is 0 Å². The van der Waals surface area contributed by atoms with Gasteiger partial charge in [0.05, 0.1) is 5.69 Å². The van der Waals surface area contributed by atoms with Crippen LogP contribution in [0.1, 0.15) is 54.7 Å². The molecule has 1 atom stereocenters. The summed E-state index contributed by atoms with van der Waals surface area (Å²) in [4.78, 5) is 26.9. The third kappa shape index (κ3) is 5.68. The number of benzene rings is 1. The van der Waals surface area contributed by atoms with Crippen LogP contribution in [0.4, 0.5) is 10.1 Å². The molecule has 30 heavy (non-hydrogen) atoms. The maximum absolute atomic E-state index is 13.2. The second-order valence-corrected chi connectivity index (χ2v) is 8.20. The molecule has 1 saturated heterocycles. The van der Waals surface area contributed by atoms with Crippen molar-refractivity contribution in [2.75, 3.05) is 18.4 Å². The van der Waals surface area contributed by atoms with Gasteiger partial charge >= 0.3 is 0 Å². The zero-order chi connectivity index (χ0) is 21.7. The Labute approximate surface area is 176 Å². The van der Waals surface area contributed by atoms with Crippen molar-refractivity contribution in [1.82, 2.24) is 10.1 Å². The lowest BCUT2D eigenvalue weighted by Gasteiger charge is -2.33. The van der Waals surface area contributed by atoms with Crippen LogP contribution in [0.3, 0.4) is 0 Å². The SMILES string of the molecule is Cc1cc(F)ccc1NC(=O)CCC1CCCN(C(=O)CCc2c(C)noc2C)C1. The van der Waals surface area contributed by atoms with Crippen LogP contribution in [0.2, 0.25) is 0 Å². The molecule has 1 aliphatic rings. The number of aryl methyl sites for hydroxylation is 3. The van der Waals surface area contributed by atoms with E-state index in [0.717, 1.165) is 42.8 Å². The Morgan fingerprint density at radius 1 is 1.27 bits per heavy atom. The quantitative estimate of drug-likeness (QED) is 0.730. The Bertz CT molecular complexity index is 890. The van der Waals surface area contributed by atoms with Crippen molar-refractivity contribution >= 4 is 17.5 Å². The highest BCUT2D eigenvalue weighted by molar-refractivity contribution is 5.91. The van der Waals surface area contributed by atoms with Gasteiger partial charge in [0.15, 0.2) is 0 Å². The van der Waals surface area contributed by atoms with Crippen molar-refractivity contribution < 1.29 is 18.5 Å². The number of carbonyl (C=O) groups excluding carboxylic acids is 2. The van der Waals surface area contributed by atoms with Crippen molar-refractivity contribution in [2.24, 2.45) is 5.92 Å². The fourth-order valence-corrected chi connectivity index (χ4v) is 4.09. The fourth-order valence-electron chi connectivity index (χ4n) is 4.09. The maximum Gasteiger partial charge on any atom is 0.224 e. The number of halogens is 1. The van der Waals surface area contributed by atoms with Gasteiger partial charge in [-0.2, -0.15) is 0 Å². The topological polar surface area (TPSA) is 75.4 Å². The lowest BCUT2D eigenvalue weighted by molar-refractivity contribution is -0.133. The number of nitrogens with zero attached hydrogens (tertiary/aromatic N) is 2. The van der Waals surface area contributed by atoms with Gasteiger partial charge in [-0.05, 0) is 76.1 Å². The van der Waals surface area contributed by atoms with Crippen LogP contribution >= 0.6 is 0 Å². The summed E-state index contributed by atoms with van der Waals surface area (Å²) < 4.78 is 18.4. The molecule has 162 valence electrons. The number of anilines is 1. The lowest BCUT2D eigenvalue weighted by atomic mass is 9.92. The molecule has 0 saturated carbocycles. The maximum atomic E-state index is 13.2. The van der Waals surface area contributed by atoms with Crippen LogP contribution in [0.5, 0.6) is 0 Å². The van der Waals surface area contributed by atoms with Gasteiger partial charge in [-0.3, -0.25) is 9.59 Å². The highest BCUT2D eigenvalue weighted by atomic mass is 19.1. The van der Waals surface area contributed by atoms with Gasteiger partial charge in [-0.1, -0.05) is 5.16 Å². The third-order valence-electron chi connectivity index (χ3n) is 5.88. The first-order chi connectivity index (χ1) is 14.3. The van der Waals surface area contributed by atoms with Crippen molar-refractivity contribution in [1.29, 1.82) is 0 Å². The zero-order valence-corrected chi connectivity index (χ0v) is 18.0. The Balaban J connectivity index is 1.45. The largest absolute Gasteiger partial charge is 0.361 e. The van der Waals surface area contributed by atoms with E-state index in [2.05, 4.69) is 10.5 Å². The van der Waals surface area contributed by atoms with Gasteiger partial charge < -0.3 is 14.7 Å². The molecule has 1 N–H and O–H groups in total. The first-order valence-electron chi connectivity index (χ1n) is 10.6. The number of likely N-dealkylation sites (tertiary alicyclic amines) is 1. The van der Waals surface area contributed by atoms with E-state index in [9.17, 15) is 14.0 Å². The summed E-state index contributed by atoms with van der Waals surface area (Å²) in [6.45, 7) is 7.01. The highest BCUT2D eigenvalue weighted by Crippen LogP contribution is 2.23. The number of amides is 2. The molecule has 7 heteroatoms. The standard InChI is InChI=1S/C23H30FN3O3/c1-15-13-19(24)7-9-21(15)25-22(28)10-6-18-5-4-12-27(14-18)23(29)11-8-20-16(2)26-30-17(20)3/h7,9,13,18H,4-6,8,10-12,14H2,1-3H3,(H,25,28). The third-order valence-corrected chi connectivity index (χ3v) is 5.88. The van der Waals surface area contributed by atoms with Crippen molar-refractivity contribution in [3.05, 3.63) is 46.6 Å². The average Bonchev–Trinajstić information content (AvgIpc) is 3.04. The van der Waals surface area contributed by atoms with Crippen LogP contribution in [0.15, 0.2) is 22.7 Å². The summed E-state index contributed by atoms with van der Waals surface area (Å²) in [6, 6.07) is 4.33. The molecule has 1 aromatic carbocycles. The van der Waals surface area contributed by atoms with Crippen LogP contribution in [-0.4, -0.2) is 35.0 Å². The second kappa shape index (κ2) is 9.87. The van der Waals surface area contributed by atoms with Gasteiger partial charge in [0.2, 0.25) is 11.8 Å². The van der Waals surface area contributed by atoms with Crippen LogP contribution < -0.4 is 5.32 Å². The molecule has 1 unspecified atom stereocenters. The number of hydrogen-bond donors (Lipinski definition) is 1. The molecule has 0 aliphatic carbocycles. The minimum atomic E-state index is -0.313. The average molecular weight is 416 g/mol. The summed E-state index contributed by atoms with van der Waals surface area (Å²) >= 11 is 0. The highest BCUT2D eigenvalue weighted by Gasteiger charge is 2.24. The van der Waals surface area contributed by atoms with E-state index in [1.807, 2.05) is 18.7 Å². The minimum Gasteiger partial charge on any atom is -0.361 e. The summed E-state index contributed by atoms with van der Waals surface area (Å²) in [5.41, 5.74) is 3.21. The molecule has 3 rings (SSSR count). The van der Waals surface area contributed by atoms with E-state index in [1.54, 1.807) is 13.0 Å². The van der Waals surface area contributed by atoms with Gasteiger partial charge in [-0.25, -0.2) is 4.39 Å². The predicted octanol–water partition coefficient (Wildman–Crippen LogP) is 4.33. The summed E-state index contributed by atoms with van der Waals surface area (Å²) in [5, 5.41) is 6.80. The molecule has 6 nitrogen and oxygen atoms in total. The zero-order valence-electron chi connectivity index (χ0n) is 18.0. The summed E-state index contributed by atoms with van der Waals surface area (Å²) in [6.07, 6.45) is 4.19. The molecule has 2 amide bonds. The molecule has 0 bridgehead atoms. The number of carbonyl (C=O) groups is 2. The van der Waals surface area contributed by atoms with Crippen LogP contribution in [0.25, 0.3) is 0 Å². The minimum absolute atomic E-state index is 0.0773. The molecule has 0 radical (unpaired) electrons. The van der Waals surface area contributed by atoms with E-state index >= 15 is 0 Å². The van der Waals surface area contributed by atoms with Gasteiger partial charge in [-0.15, -0.1) is 0 Å². The summed E-state index contributed by atoms with van der Waals surface area (Å²) in [7, 11) is 0. The van der Waals surface area contributed by atoms with Crippen molar-refractivity contribution in [3.63, 3.8) is 0 Å². The molecule has 1 fully saturated rings. The first kappa shape index (κ1) is 22.0. The smallest absolute Gasteiger partial charge is 0.224 e. The monoisotopic (exact) mass is 415 g/mol. The molecule has 1 aromatic heterocycles. The van der Waals surface area contributed by atoms with Gasteiger partial charge in [0, 0.05) is 37.2 Å². The van der Waals surface area contributed by atoms with E-state index in [-0.39, 0.29) is 17.6 Å². The Hall–Kier alpha value is -2.70. The number of aromatic nitrogens is 1. The molecule has 0 spiro atoms. The number of nitrogens with one attached hydrogen (secondary N) is 1. The number of hydrogen-bond acceptors (Lipinski definition) is 4. The number of piperidine rings is 1. The fraction of sp³-hybridized carbons (Fsp3) is 0.522. The van der Waals surface area contributed by atoms with E-state index in [1.165, 1.54) is 12.1 Å². The molecule has 2 heterocycles. The Morgan fingerprint density at radius 2 is 2.07 bits per heavy atom. The van der Waals surface area contributed by atoms with Crippen molar-refractivity contribution in [2.45, 2.75) is 59.3 Å². The molecular formula is C23H30FN3O3. The first-order valence-corrected chi connectivity index (χ1v) is 10.6. The van der Waals surface area contributed by atoms with Crippen molar-refractivity contribution in [3.8, 4) is 0 Å². The Kier molecular flexibility index (Phi) is 7.24. The second-order valence-electron chi connectivity index (χ2n) is 8.20. The van der Waals surface area contributed by atoms with Crippen LogP contribution in [0, 0.1) is 32.5 Å². The Morgan fingerprint density at radius 3 is 2.77 bits per heavy atom. The van der Waals surface area contributed by atoms with E-state index in [0.29, 0.717) is 43.0 Å². The predicted molar refractivity (Wildman–Crippen MR) is 113 cm³/mol. The molecular weight excluding hydrogens is 385 g/mol. The number of rotatable bonds is 7. The van der Waals surface area contributed by atoms with Gasteiger partial charge in [0.1, 0.15) is 11.6 Å². The van der Waals surface area contributed by atoms with E-state index in [4.69, 9.17) is 4.52 Å². The lowest BCUT2D eigenvalue weighted by Crippen LogP contribution is -2.40.